The molecule has 0 atom stereocenters. The van der Waals surface area contributed by atoms with Crippen LogP contribution in [0.15, 0.2) is 104 Å². The van der Waals surface area contributed by atoms with E-state index in [9.17, 15) is 9.90 Å². The molecule has 0 aliphatic heterocycles. The van der Waals surface area contributed by atoms with Crippen LogP contribution in [0.5, 0.6) is 5.88 Å². The summed E-state index contributed by atoms with van der Waals surface area (Å²) in [5.74, 6) is -0.332. The van der Waals surface area contributed by atoms with E-state index in [-0.39, 0.29) is 11.6 Å². The van der Waals surface area contributed by atoms with Gasteiger partial charge in [-0.25, -0.2) is 0 Å². The molecule has 0 aliphatic carbocycles. The molecule has 0 radical (unpaired) electrons. The third-order valence-corrected chi connectivity index (χ3v) is 4.74. The number of H-pyrrole nitrogens is 1. The van der Waals surface area contributed by atoms with Gasteiger partial charge in [0, 0.05) is 11.6 Å². The van der Waals surface area contributed by atoms with Gasteiger partial charge in [-0.3, -0.25) is 9.78 Å². The summed E-state index contributed by atoms with van der Waals surface area (Å²) in [6, 6.07) is 20.3. The topological polar surface area (TPSA) is 106 Å². The molecular formula is C24H21N6O2+. The number of nitrogens with one attached hydrogen (secondary N) is 1. The normalized spacial score (nSPS) is 11.4. The maximum Gasteiger partial charge on any atom is 0.323 e. The lowest BCUT2D eigenvalue weighted by atomic mass is 10.2. The summed E-state index contributed by atoms with van der Waals surface area (Å²) in [5.41, 5.74) is 3.67. The molecule has 2 heterocycles. The van der Waals surface area contributed by atoms with Crippen LogP contribution in [0.1, 0.15) is 11.1 Å². The Morgan fingerprint density at radius 1 is 0.781 bits per heavy atom. The van der Waals surface area contributed by atoms with Gasteiger partial charge in [0.05, 0.1) is 22.6 Å². The van der Waals surface area contributed by atoms with Gasteiger partial charge < -0.3 is 5.11 Å². The number of aryl methyl sites for hydroxylation is 1. The van der Waals surface area contributed by atoms with Crippen LogP contribution in [0.3, 0.4) is 0 Å². The molecule has 2 aromatic carbocycles. The largest absolute Gasteiger partial charge is 0.493 e. The van der Waals surface area contributed by atoms with Crippen LogP contribution in [0.2, 0.25) is 0 Å². The van der Waals surface area contributed by atoms with Crippen LogP contribution in [-0.4, -0.2) is 10.1 Å². The smallest absolute Gasteiger partial charge is 0.323 e. The lowest BCUT2D eigenvalue weighted by molar-refractivity contribution is -0.597. The number of aromatic hydroxyl groups is 1. The number of benzene rings is 2. The van der Waals surface area contributed by atoms with Crippen LogP contribution in [-0.2, 0) is 0 Å². The van der Waals surface area contributed by atoms with E-state index < -0.39 is 5.56 Å². The van der Waals surface area contributed by atoms with E-state index in [0.717, 1.165) is 11.3 Å². The van der Waals surface area contributed by atoms with Crippen molar-refractivity contribution >= 4 is 22.7 Å². The Morgan fingerprint density at radius 3 is 2.00 bits per heavy atom. The number of rotatable bonds is 5. The van der Waals surface area contributed by atoms with E-state index in [1.807, 2.05) is 55.6 Å². The van der Waals surface area contributed by atoms with E-state index in [1.165, 1.54) is 0 Å². The summed E-state index contributed by atoms with van der Waals surface area (Å²) in [7, 11) is 0. The first-order chi connectivity index (χ1) is 15.5. The summed E-state index contributed by atoms with van der Waals surface area (Å²) >= 11 is 0. The minimum Gasteiger partial charge on any atom is -0.493 e. The van der Waals surface area contributed by atoms with Crippen LogP contribution in [0, 0.1) is 13.8 Å². The number of azo groups is 2. The molecule has 2 N–H and O–H groups in total. The second kappa shape index (κ2) is 9.13. The highest BCUT2D eigenvalue weighted by molar-refractivity contribution is 5.58. The number of pyridine rings is 2. The number of nitrogens with zero attached hydrogens (tertiary/aromatic N) is 5. The lowest BCUT2D eigenvalue weighted by Crippen LogP contribution is -2.38. The maximum absolute atomic E-state index is 12.5. The summed E-state index contributed by atoms with van der Waals surface area (Å²) in [6.45, 7) is 3.66. The van der Waals surface area contributed by atoms with E-state index in [4.69, 9.17) is 0 Å². The SMILES string of the molecule is Cc1ccc[n+](-c2c(C)c(N=Nc3ccc(N=Nc4ccccc4)cc3)c(O)[nH]c2=O)c1. The minimum atomic E-state index is -0.414. The molecule has 8 nitrogen and oxygen atoms in total. The first-order valence-electron chi connectivity index (χ1n) is 9.94. The average Bonchev–Trinajstić information content (AvgIpc) is 2.79. The van der Waals surface area contributed by atoms with Crippen molar-refractivity contribution < 1.29 is 9.67 Å². The second-order valence-corrected chi connectivity index (χ2v) is 7.17. The molecule has 0 saturated heterocycles. The van der Waals surface area contributed by atoms with Crippen molar-refractivity contribution in [3.8, 4) is 11.6 Å². The Bertz CT molecular complexity index is 1360. The minimum absolute atomic E-state index is 0.196. The molecule has 2 aromatic heterocycles. The molecule has 4 rings (SSSR count). The number of aromatic amines is 1. The van der Waals surface area contributed by atoms with Gasteiger partial charge in [-0.05, 0) is 56.3 Å². The molecule has 32 heavy (non-hydrogen) atoms. The van der Waals surface area contributed by atoms with Crippen LogP contribution in [0.25, 0.3) is 5.69 Å². The van der Waals surface area contributed by atoms with Crippen molar-refractivity contribution in [2.75, 3.05) is 0 Å². The van der Waals surface area contributed by atoms with Crippen molar-refractivity contribution in [1.82, 2.24) is 4.98 Å². The predicted molar refractivity (Wildman–Crippen MR) is 121 cm³/mol. The molecule has 4 aromatic rings. The highest BCUT2D eigenvalue weighted by atomic mass is 16.3. The first kappa shape index (κ1) is 20.8. The molecule has 0 saturated carbocycles. The Kier molecular flexibility index (Phi) is 5.94. The highest BCUT2D eigenvalue weighted by Gasteiger charge is 2.22. The monoisotopic (exact) mass is 425 g/mol. The van der Waals surface area contributed by atoms with Gasteiger partial charge in [-0.15, -0.1) is 5.11 Å². The molecular weight excluding hydrogens is 404 g/mol. The van der Waals surface area contributed by atoms with Crippen LogP contribution < -0.4 is 10.1 Å². The zero-order valence-electron chi connectivity index (χ0n) is 17.6. The van der Waals surface area contributed by atoms with Gasteiger partial charge in [0.25, 0.3) is 5.69 Å². The molecule has 0 amide bonds. The number of hydrogen-bond acceptors (Lipinski definition) is 6. The van der Waals surface area contributed by atoms with E-state index in [1.54, 1.807) is 42.0 Å². The molecule has 0 aliphatic rings. The standard InChI is InChI=1S/C24H20N6O2/c1-16-7-6-14-30(15-16)22-17(2)21(23(31)25-24(22)32)29-28-20-12-10-19(11-13-20)27-26-18-8-4-3-5-9-18/h3-15H,1-2H3,(H-,25,26,28,31,32)/p+1. The molecule has 0 spiro atoms. The molecule has 0 bridgehead atoms. The van der Waals surface area contributed by atoms with E-state index >= 15 is 0 Å². The maximum atomic E-state index is 12.5. The van der Waals surface area contributed by atoms with E-state index in [2.05, 4.69) is 25.4 Å². The lowest BCUT2D eigenvalue weighted by Gasteiger charge is -2.05. The fraction of sp³-hybridized carbons (Fsp3) is 0.0833. The Balaban J connectivity index is 1.60. The van der Waals surface area contributed by atoms with Crippen molar-refractivity contribution in [3.63, 3.8) is 0 Å². The molecule has 158 valence electrons. The first-order valence-corrected chi connectivity index (χ1v) is 9.94. The third kappa shape index (κ3) is 4.65. The summed E-state index contributed by atoms with van der Waals surface area (Å²) in [5, 5.41) is 27.0. The molecule has 0 unspecified atom stereocenters. The molecule has 0 fully saturated rings. The van der Waals surface area contributed by atoms with Crippen LogP contribution in [0.4, 0.5) is 22.7 Å². The number of aromatic nitrogens is 2. The van der Waals surface area contributed by atoms with Gasteiger partial charge in [0.1, 0.15) is 0 Å². The van der Waals surface area contributed by atoms with Gasteiger partial charge >= 0.3 is 5.56 Å². The third-order valence-electron chi connectivity index (χ3n) is 4.74. The van der Waals surface area contributed by atoms with Gasteiger partial charge in [0.15, 0.2) is 18.1 Å². The number of hydrogen-bond donors (Lipinski definition) is 2. The van der Waals surface area contributed by atoms with Crippen LogP contribution >= 0.6 is 0 Å². The second-order valence-electron chi connectivity index (χ2n) is 7.17. The van der Waals surface area contributed by atoms with Crippen molar-refractivity contribution in [3.05, 3.63) is 101 Å². The quantitative estimate of drug-likeness (QED) is 0.311. The Hall–Kier alpha value is -4.46. The zero-order chi connectivity index (χ0) is 22.5. The fourth-order valence-electron chi connectivity index (χ4n) is 3.16. The Labute approximate surface area is 184 Å². The predicted octanol–water partition coefficient (Wildman–Crippen LogP) is 5.80. The fourth-order valence-corrected chi connectivity index (χ4v) is 3.16. The van der Waals surface area contributed by atoms with Gasteiger partial charge in [-0.1, -0.05) is 18.2 Å². The van der Waals surface area contributed by atoms with Gasteiger partial charge in [0.2, 0.25) is 5.88 Å². The Morgan fingerprint density at radius 2 is 1.38 bits per heavy atom. The summed E-state index contributed by atoms with van der Waals surface area (Å²) < 4.78 is 1.70. The average molecular weight is 425 g/mol. The summed E-state index contributed by atoms with van der Waals surface area (Å²) in [6.07, 6.45) is 3.60. The van der Waals surface area contributed by atoms with E-state index in [0.29, 0.717) is 22.6 Å². The summed E-state index contributed by atoms with van der Waals surface area (Å²) in [4.78, 5) is 14.9. The zero-order valence-corrected chi connectivity index (χ0v) is 17.6. The highest BCUT2D eigenvalue weighted by Crippen LogP contribution is 2.31. The van der Waals surface area contributed by atoms with Gasteiger partial charge in [-0.2, -0.15) is 19.9 Å². The van der Waals surface area contributed by atoms with Crippen molar-refractivity contribution in [1.29, 1.82) is 0 Å². The molecule has 8 heteroatoms. The van der Waals surface area contributed by atoms with Crippen molar-refractivity contribution in [2.45, 2.75) is 13.8 Å². The van der Waals surface area contributed by atoms with Crippen molar-refractivity contribution in [2.24, 2.45) is 20.5 Å².